The van der Waals surface area contributed by atoms with E-state index in [1.165, 1.54) is 11.1 Å². The second-order valence-electron chi connectivity index (χ2n) is 5.40. The number of nitrogens with two attached hydrogens (primary N) is 1. The van der Waals surface area contributed by atoms with Crippen LogP contribution in [0.2, 0.25) is 0 Å². The summed E-state index contributed by atoms with van der Waals surface area (Å²) in [5, 5.41) is 0. The molecule has 2 N–H and O–H groups in total. The van der Waals surface area contributed by atoms with Gasteiger partial charge in [0.2, 0.25) is 0 Å². The molecule has 0 saturated carbocycles. The van der Waals surface area contributed by atoms with Crippen molar-refractivity contribution in [1.82, 2.24) is 4.90 Å². The number of hydrogen-bond donors (Lipinski definition) is 1. The van der Waals surface area contributed by atoms with Crippen LogP contribution in [0, 0.1) is 0 Å². The van der Waals surface area contributed by atoms with Gasteiger partial charge in [-0.25, -0.2) is 8.42 Å². The summed E-state index contributed by atoms with van der Waals surface area (Å²) in [6.45, 7) is 2.06. The maximum atomic E-state index is 11.8. The van der Waals surface area contributed by atoms with E-state index < -0.39 is 9.84 Å². The zero-order chi connectivity index (χ0) is 12.8. The average molecular weight is 266 g/mol. The van der Waals surface area contributed by atoms with Crippen molar-refractivity contribution in [3.05, 3.63) is 35.4 Å². The summed E-state index contributed by atoms with van der Waals surface area (Å²) in [5.74, 6) is 0.488. The number of hydrogen-bond acceptors (Lipinski definition) is 4. The van der Waals surface area contributed by atoms with Crippen LogP contribution in [0.1, 0.15) is 17.5 Å². The highest BCUT2D eigenvalue weighted by Gasteiger charge is 2.46. The van der Waals surface area contributed by atoms with Crippen LogP contribution in [0.3, 0.4) is 0 Å². The summed E-state index contributed by atoms with van der Waals surface area (Å²) in [4.78, 5) is 2.25. The molecule has 5 heteroatoms. The fraction of sp³-hybridized carbons (Fsp3) is 0.538. The monoisotopic (exact) mass is 266 g/mol. The molecular formula is C13H18N2O2S. The third kappa shape index (κ3) is 1.86. The van der Waals surface area contributed by atoms with Gasteiger partial charge in [0.25, 0.3) is 0 Å². The van der Waals surface area contributed by atoms with Crippen molar-refractivity contribution in [2.24, 2.45) is 5.73 Å². The Morgan fingerprint density at radius 3 is 2.28 bits per heavy atom. The highest BCUT2D eigenvalue weighted by Crippen LogP contribution is 2.35. The van der Waals surface area contributed by atoms with E-state index in [1.807, 2.05) is 12.1 Å². The Kier molecular flexibility index (Phi) is 2.73. The molecule has 3 rings (SSSR count). The lowest BCUT2D eigenvalue weighted by atomic mass is 9.97. The fourth-order valence-corrected chi connectivity index (χ4v) is 5.21. The predicted molar refractivity (Wildman–Crippen MR) is 70.7 cm³/mol. The number of benzene rings is 1. The second kappa shape index (κ2) is 4.05. The summed E-state index contributed by atoms with van der Waals surface area (Å²) in [5.41, 5.74) is 8.15. The van der Waals surface area contributed by atoms with Crippen LogP contribution >= 0.6 is 0 Å². The molecule has 0 spiro atoms. The fourth-order valence-electron chi connectivity index (χ4n) is 3.11. The van der Waals surface area contributed by atoms with Gasteiger partial charge in [-0.05, 0) is 17.5 Å². The second-order valence-corrected chi connectivity index (χ2v) is 7.58. The molecule has 1 atom stereocenters. The molecule has 0 radical (unpaired) electrons. The molecule has 2 aliphatic rings. The largest absolute Gasteiger partial charge is 0.329 e. The molecule has 1 aromatic carbocycles. The van der Waals surface area contributed by atoms with Crippen LogP contribution in [0.15, 0.2) is 24.3 Å². The molecule has 2 heterocycles. The van der Waals surface area contributed by atoms with E-state index in [-0.39, 0.29) is 17.0 Å². The molecule has 98 valence electrons. The molecule has 0 aromatic heterocycles. The van der Waals surface area contributed by atoms with E-state index in [2.05, 4.69) is 17.0 Å². The number of nitrogens with zero attached hydrogens (tertiary/aromatic N) is 1. The first kappa shape index (κ1) is 12.1. The summed E-state index contributed by atoms with van der Waals surface area (Å²) in [6.07, 6.45) is 0.666. The van der Waals surface area contributed by atoms with E-state index in [9.17, 15) is 8.42 Å². The van der Waals surface area contributed by atoms with Crippen LogP contribution in [-0.4, -0.2) is 36.9 Å². The van der Waals surface area contributed by atoms with Crippen LogP contribution in [0.25, 0.3) is 0 Å². The van der Waals surface area contributed by atoms with Gasteiger partial charge in [0.05, 0.1) is 11.5 Å². The molecular weight excluding hydrogens is 248 g/mol. The van der Waals surface area contributed by atoms with Crippen molar-refractivity contribution in [2.75, 3.05) is 18.1 Å². The molecule has 1 fully saturated rings. The van der Waals surface area contributed by atoms with Crippen molar-refractivity contribution in [1.29, 1.82) is 0 Å². The van der Waals surface area contributed by atoms with Crippen molar-refractivity contribution in [3.8, 4) is 0 Å². The van der Waals surface area contributed by atoms with E-state index >= 15 is 0 Å². The first-order valence-electron chi connectivity index (χ1n) is 6.27. The first-order valence-corrected chi connectivity index (χ1v) is 8.09. The Bertz CT molecular complexity index is 545. The summed E-state index contributed by atoms with van der Waals surface area (Å²) >= 11 is 0. The number of fused-ring (bicyclic) bond motifs is 1. The van der Waals surface area contributed by atoms with Gasteiger partial charge < -0.3 is 5.73 Å². The van der Waals surface area contributed by atoms with Gasteiger partial charge in [0.1, 0.15) is 0 Å². The minimum absolute atomic E-state index is 0.213. The molecule has 1 aromatic rings. The smallest absolute Gasteiger partial charge is 0.152 e. The Hall–Kier alpha value is -0.910. The maximum Gasteiger partial charge on any atom is 0.152 e. The van der Waals surface area contributed by atoms with Gasteiger partial charge in [-0.2, -0.15) is 0 Å². The lowest BCUT2D eigenvalue weighted by molar-refractivity contribution is 0.114. The summed E-state index contributed by atoms with van der Waals surface area (Å²) in [6, 6.07) is 8.29. The lowest BCUT2D eigenvalue weighted by Gasteiger charge is -2.36. The average Bonchev–Trinajstić information content (AvgIpc) is 2.90. The number of rotatable bonds is 2. The summed E-state index contributed by atoms with van der Waals surface area (Å²) in [7, 11) is -2.91. The lowest BCUT2D eigenvalue weighted by Crippen LogP contribution is -2.52. The SMILES string of the molecule is NCC1(N2Cc3ccccc3C2)CCS(=O)(=O)C1. The van der Waals surface area contributed by atoms with E-state index in [0.29, 0.717) is 13.0 Å². The highest BCUT2D eigenvalue weighted by atomic mass is 32.2. The molecule has 0 aliphatic carbocycles. The third-order valence-electron chi connectivity index (χ3n) is 4.26. The zero-order valence-corrected chi connectivity index (χ0v) is 11.1. The Morgan fingerprint density at radius 2 is 1.83 bits per heavy atom. The molecule has 1 unspecified atom stereocenters. The molecule has 4 nitrogen and oxygen atoms in total. The standard InChI is InChI=1S/C13H18N2O2S/c14-9-13(5-6-18(16,17)10-13)15-7-11-3-1-2-4-12(11)8-15/h1-4H,5-10,14H2. The van der Waals surface area contributed by atoms with E-state index in [4.69, 9.17) is 5.73 Å². The molecule has 0 bridgehead atoms. The predicted octanol–water partition coefficient (Wildman–Crippen LogP) is 0.518. The molecule has 2 aliphatic heterocycles. The van der Waals surface area contributed by atoms with Crippen LogP contribution in [0.4, 0.5) is 0 Å². The van der Waals surface area contributed by atoms with E-state index in [0.717, 1.165) is 13.1 Å². The zero-order valence-electron chi connectivity index (χ0n) is 10.3. The topological polar surface area (TPSA) is 63.4 Å². The Balaban J connectivity index is 1.89. The van der Waals surface area contributed by atoms with Crippen molar-refractivity contribution in [2.45, 2.75) is 25.0 Å². The van der Waals surface area contributed by atoms with Crippen molar-refractivity contribution in [3.63, 3.8) is 0 Å². The van der Waals surface area contributed by atoms with Crippen molar-refractivity contribution < 1.29 is 8.42 Å². The quantitative estimate of drug-likeness (QED) is 0.847. The van der Waals surface area contributed by atoms with Crippen LogP contribution in [0.5, 0.6) is 0 Å². The van der Waals surface area contributed by atoms with Gasteiger partial charge in [-0.1, -0.05) is 24.3 Å². The minimum Gasteiger partial charge on any atom is -0.329 e. The van der Waals surface area contributed by atoms with Gasteiger partial charge in [-0.3, -0.25) is 4.90 Å². The van der Waals surface area contributed by atoms with E-state index in [1.54, 1.807) is 0 Å². The Labute approximate surface area is 108 Å². The van der Waals surface area contributed by atoms with Crippen LogP contribution in [-0.2, 0) is 22.9 Å². The summed E-state index contributed by atoms with van der Waals surface area (Å²) < 4.78 is 23.5. The maximum absolute atomic E-state index is 11.8. The highest BCUT2D eigenvalue weighted by molar-refractivity contribution is 7.91. The third-order valence-corrected chi connectivity index (χ3v) is 6.06. The minimum atomic E-state index is -2.91. The molecule has 18 heavy (non-hydrogen) atoms. The van der Waals surface area contributed by atoms with Gasteiger partial charge in [0.15, 0.2) is 9.84 Å². The normalized spacial score (nSPS) is 30.5. The van der Waals surface area contributed by atoms with Gasteiger partial charge in [0, 0.05) is 25.2 Å². The van der Waals surface area contributed by atoms with Crippen LogP contribution < -0.4 is 5.73 Å². The molecule has 1 saturated heterocycles. The van der Waals surface area contributed by atoms with Crippen molar-refractivity contribution >= 4 is 9.84 Å². The number of sulfone groups is 1. The first-order chi connectivity index (χ1) is 8.55. The van der Waals surface area contributed by atoms with Gasteiger partial charge in [-0.15, -0.1) is 0 Å². The molecule has 0 amide bonds. The Morgan fingerprint density at radius 1 is 1.22 bits per heavy atom. The van der Waals surface area contributed by atoms with Gasteiger partial charge >= 0.3 is 0 Å².